The molecule has 0 saturated carbocycles. The Morgan fingerprint density at radius 2 is 1.78 bits per heavy atom. The molecule has 0 aliphatic rings. The van der Waals surface area contributed by atoms with Crippen LogP contribution < -0.4 is 5.32 Å². The molecule has 2 rings (SSSR count). The lowest BCUT2D eigenvalue weighted by atomic mass is 10.3. The van der Waals surface area contributed by atoms with Crippen LogP contribution in [0.2, 0.25) is 5.02 Å². The molecule has 0 fully saturated rings. The number of hydrogen-bond acceptors (Lipinski definition) is 5. The average Bonchev–Trinajstić information content (AvgIpc) is 2.62. The first-order valence-electron chi connectivity index (χ1n) is 7.62. The number of para-hydroxylation sites is 1. The van der Waals surface area contributed by atoms with Gasteiger partial charge in [0.1, 0.15) is 12.4 Å². The summed E-state index contributed by atoms with van der Waals surface area (Å²) in [5.41, 5.74) is 0.358. The fourth-order valence-corrected chi connectivity index (χ4v) is 3.29. The SMILES string of the molecule is CN(CC(=O)OCC(=O)Nc1ccccc1Cl)S(=O)(=O)c1ccc(F)cc1. The van der Waals surface area contributed by atoms with Gasteiger partial charge in [0.25, 0.3) is 5.91 Å². The Balaban J connectivity index is 1.88. The van der Waals surface area contributed by atoms with Gasteiger partial charge in [0.15, 0.2) is 6.61 Å². The number of carbonyl (C=O) groups excluding carboxylic acids is 2. The van der Waals surface area contributed by atoms with Gasteiger partial charge in [-0.15, -0.1) is 0 Å². The summed E-state index contributed by atoms with van der Waals surface area (Å²) < 4.78 is 43.0. The van der Waals surface area contributed by atoms with Crippen LogP contribution in [0.15, 0.2) is 53.4 Å². The number of esters is 1. The van der Waals surface area contributed by atoms with Crippen LogP contribution in [0.4, 0.5) is 10.1 Å². The number of nitrogens with one attached hydrogen (secondary N) is 1. The summed E-state index contributed by atoms with van der Waals surface area (Å²) in [6, 6.07) is 10.7. The molecular weight excluding hydrogens is 399 g/mol. The van der Waals surface area contributed by atoms with E-state index in [-0.39, 0.29) is 4.90 Å². The van der Waals surface area contributed by atoms with E-state index in [9.17, 15) is 22.4 Å². The van der Waals surface area contributed by atoms with Crippen molar-refractivity contribution in [2.24, 2.45) is 0 Å². The third-order valence-corrected chi connectivity index (χ3v) is 5.53. The third-order valence-electron chi connectivity index (χ3n) is 3.39. The maximum Gasteiger partial charge on any atom is 0.321 e. The Morgan fingerprint density at radius 1 is 1.15 bits per heavy atom. The van der Waals surface area contributed by atoms with Gasteiger partial charge in [0.05, 0.1) is 15.6 Å². The first-order chi connectivity index (χ1) is 12.7. The van der Waals surface area contributed by atoms with Gasteiger partial charge in [-0.3, -0.25) is 9.59 Å². The minimum atomic E-state index is -4.00. The number of benzene rings is 2. The second kappa shape index (κ2) is 8.94. The zero-order valence-electron chi connectivity index (χ0n) is 14.2. The molecule has 0 atom stereocenters. The average molecular weight is 415 g/mol. The van der Waals surface area contributed by atoms with E-state index >= 15 is 0 Å². The number of sulfonamides is 1. The van der Waals surface area contributed by atoms with Crippen LogP contribution in [0.5, 0.6) is 0 Å². The fourth-order valence-electron chi connectivity index (χ4n) is 1.99. The molecule has 10 heteroatoms. The number of ether oxygens (including phenoxy) is 1. The predicted molar refractivity (Wildman–Crippen MR) is 97.3 cm³/mol. The first-order valence-corrected chi connectivity index (χ1v) is 9.44. The van der Waals surface area contributed by atoms with E-state index in [4.69, 9.17) is 16.3 Å². The second-order valence-electron chi connectivity index (χ2n) is 5.40. The summed E-state index contributed by atoms with van der Waals surface area (Å²) in [4.78, 5) is 23.4. The van der Waals surface area contributed by atoms with Crippen LogP contribution in [-0.4, -0.2) is 44.8 Å². The van der Waals surface area contributed by atoms with Crippen molar-refractivity contribution < 1.29 is 27.1 Å². The lowest BCUT2D eigenvalue weighted by Gasteiger charge is -2.16. The predicted octanol–water partition coefficient (Wildman–Crippen LogP) is 2.28. The van der Waals surface area contributed by atoms with Gasteiger partial charge in [-0.05, 0) is 36.4 Å². The number of carbonyl (C=O) groups is 2. The van der Waals surface area contributed by atoms with Crippen LogP contribution in [-0.2, 0) is 24.3 Å². The highest BCUT2D eigenvalue weighted by atomic mass is 35.5. The molecule has 27 heavy (non-hydrogen) atoms. The number of rotatable bonds is 7. The highest BCUT2D eigenvalue weighted by Crippen LogP contribution is 2.20. The van der Waals surface area contributed by atoms with Crippen molar-refractivity contribution in [3.05, 3.63) is 59.4 Å². The van der Waals surface area contributed by atoms with Crippen LogP contribution in [0.1, 0.15) is 0 Å². The summed E-state index contributed by atoms with van der Waals surface area (Å²) in [6.07, 6.45) is 0. The normalized spacial score (nSPS) is 11.3. The lowest BCUT2D eigenvalue weighted by molar-refractivity contribution is -0.147. The molecule has 2 aromatic carbocycles. The van der Waals surface area contributed by atoms with Crippen LogP contribution in [0.3, 0.4) is 0 Å². The molecule has 0 aromatic heterocycles. The molecule has 0 aliphatic heterocycles. The number of nitrogens with zero attached hydrogens (tertiary/aromatic N) is 1. The second-order valence-corrected chi connectivity index (χ2v) is 7.86. The highest BCUT2D eigenvalue weighted by Gasteiger charge is 2.24. The number of amides is 1. The highest BCUT2D eigenvalue weighted by molar-refractivity contribution is 7.89. The third kappa shape index (κ3) is 5.75. The smallest absolute Gasteiger partial charge is 0.321 e. The van der Waals surface area contributed by atoms with E-state index in [1.807, 2.05) is 0 Å². The molecule has 7 nitrogen and oxygen atoms in total. The van der Waals surface area contributed by atoms with Gasteiger partial charge < -0.3 is 10.1 Å². The van der Waals surface area contributed by atoms with Crippen molar-refractivity contribution in [2.45, 2.75) is 4.90 Å². The molecule has 1 amide bonds. The quantitative estimate of drug-likeness (QED) is 0.701. The molecule has 1 N–H and O–H groups in total. The molecule has 0 unspecified atom stereocenters. The summed E-state index contributed by atoms with van der Waals surface area (Å²) in [5.74, 6) is -2.13. The monoisotopic (exact) mass is 414 g/mol. The van der Waals surface area contributed by atoms with Gasteiger partial charge in [-0.1, -0.05) is 23.7 Å². The minimum absolute atomic E-state index is 0.171. The topological polar surface area (TPSA) is 92.8 Å². The van der Waals surface area contributed by atoms with Gasteiger partial charge in [-0.2, -0.15) is 4.31 Å². The summed E-state index contributed by atoms with van der Waals surface area (Å²) in [7, 11) is -2.83. The molecular formula is C17H16ClFN2O5S. The van der Waals surface area contributed by atoms with E-state index in [0.717, 1.165) is 28.6 Å². The zero-order chi connectivity index (χ0) is 20.0. The number of halogens is 2. The van der Waals surface area contributed by atoms with Gasteiger partial charge in [0.2, 0.25) is 10.0 Å². The van der Waals surface area contributed by atoms with E-state index in [0.29, 0.717) is 10.7 Å². The summed E-state index contributed by atoms with van der Waals surface area (Å²) >= 11 is 5.90. The summed E-state index contributed by atoms with van der Waals surface area (Å²) in [5, 5.41) is 2.79. The maximum absolute atomic E-state index is 12.9. The van der Waals surface area contributed by atoms with E-state index < -0.39 is 40.9 Å². The van der Waals surface area contributed by atoms with Crippen molar-refractivity contribution in [2.75, 3.05) is 25.5 Å². The first kappa shape index (κ1) is 20.8. The van der Waals surface area contributed by atoms with Crippen LogP contribution in [0, 0.1) is 5.82 Å². The molecule has 0 aliphatic carbocycles. The summed E-state index contributed by atoms with van der Waals surface area (Å²) in [6.45, 7) is -1.21. The van der Waals surface area contributed by atoms with Crippen molar-refractivity contribution in [1.82, 2.24) is 4.31 Å². The molecule has 0 heterocycles. The molecule has 2 aromatic rings. The zero-order valence-corrected chi connectivity index (χ0v) is 15.8. The van der Waals surface area contributed by atoms with Gasteiger partial charge in [0, 0.05) is 7.05 Å². The van der Waals surface area contributed by atoms with Crippen molar-refractivity contribution in [1.29, 1.82) is 0 Å². The Kier molecular flexibility index (Phi) is 6.89. The molecule has 0 radical (unpaired) electrons. The number of anilines is 1. The number of hydrogen-bond donors (Lipinski definition) is 1. The molecule has 0 bridgehead atoms. The van der Waals surface area contributed by atoms with Gasteiger partial charge >= 0.3 is 5.97 Å². The standard InChI is InChI=1S/C17H16ClFN2O5S/c1-21(27(24,25)13-8-6-12(19)7-9-13)10-17(23)26-11-16(22)20-15-5-3-2-4-14(15)18/h2-9H,10-11H2,1H3,(H,20,22). The lowest BCUT2D eigenvalue weighted by Crippen LogP contribution is -2.34. The van der Waals surface area contributed by atoms with Crippen molar-refractivity contribution in [3.63, 3.8) is 0 Å². The molecule has 144 valence electrons. The maximum atomic E-state index is 12.9. The van der Waals surface area contributed by atoms with E-state index in [1.54, 1.807) is 24.3 Å². The van der Waals surface area contributed by atoms with Crippen LogP contribution >= 0.6 is 11.6 Å². The van der Waals surface area contributed by atoms with Crippen molar-refractivity contribution >= 4 is 39.2 Å². The molecule has 0 spiro atoms. The molecule has 0 saturated heterocycles. The van der Waals surface area contributed by atoms with E-state index in [1.165, 1.54) is 7.05 Å². The Labute approximate surface area is 160 Å². The van der Waals surface area contributed by atoms with Crippen LogP contribution in [0.25, 0.3) is 0 Å². The Morgan fingerprint density at radius 3 is 2.41 bits per heavy atom. The fraction of sp³-hybridized carbons (Fsp3) is 0.176. The van der Waals surface area contributed by atoms with Gasteiger partial charge in [-0.25, -0.2) is 12.8 Å². The number of likely N-dealkylation sites (N-methyl/N-ethyl adjacent to an activating group) is 1. The Bertz CT molecular complexity index is 935. The largest absolute Gasteiger partial charge is 0.455 e. The van der Waals surface area contributed by atoms with Crippen molar-refractivity contribution in [3.8, 4) is 0 Å². The Hall–Kier alpha value is -2.49. The van der Waals surface area contributed by atoms with E-state index in [2.05, 4.69) is 5.32 Å². The minimum Gasteiger partial charge on any atom is -0.455 e.